The van der Waals surface area contributed by atoms with Crippen LogP contribution in [0.2, 0.25) is 0 Å². The van der Waals surface area contributed by atoms with Crippen molar-refractivity contribution in [3.63, 3.8) is 0 Å². The molecule has 2 aromatic rings. The molecular weight excluding hydrogens is 346 g/mol. The number of hydrogen-bond donors (Lipinski definition) is 1. The van der Waals surface area contributed by atoms with Crippen LogP contribution >= 0.6 is 31.9 Å². The highest BCUT2D eigenvalue weighted by Crippen LogP contribution is 2.23. The lowest BCUT2D eigenvalue weighted by atomic mass is 10.2. The van der Waals surface area contributed by atoms with E-state index in [1.54, 1.807) is 12.4 Å². The standard InChI is InChI=1S/C12H11Br2N3/c1-8-3-2-4-15-11(8)7-17-12-10(14)5-9(13)6-16-12/h2-6H,7H2,1H3,(H,16,17). The van der Waals surface area contributed by atoms with Crippen LogP contribution in [-0.2, 0) is 6.54 Å². The summed E-state index contributed by atoms with van der Waals surface area (Å²) >= 11 is 6.84. The van der Waals surface area contributed by atoms with E-state index in [0.717, 1.165) is 20.5 Å². The number of rotatable bonds is 3. The lowest BCUT2D eigenvalue weighted by Gasteiger charge is -2.08. The second-order valence-corrected chi connectivity index (χ2v) is 5.37. The highest BCUT2D eigenvalue weighted by atomic mass is 79.9. The smallest absolute Gasteiger partial charge is 0.140 e. The molecule has 0 radical (unpaired) electrons. The number of nitrogens with zero attached hydrogens (tertiary/aromatic N) is 2. The molecule has 0 aliphatic carbocycles. The van der Waals surface area contributed by atoms with E-state index < -0.39 is 0 Å². The summed E-state index contributed by atoms with van der Waals surface area (Å²) in [6, 6.07) is 5.95. The number of hydrogen-bond acceptors (Lipinski definition) is 3. The topological polar surface area (TPSA) is 37.8 Å². The SMILES string of the molecule is Cc1cccnc1CNc1ncc(Br)cc1Br. The summed E-state index contributed by atoms with van der Waals surface area (Å²) in [4.78, 5) is 8.62. The highest BCUT2D eigenvalue weighted by Gasteiger charge is 2.03. The number of nitrogens with one attached hydrogen (secondary N) is 1. The van der Waals surface area contributed by atoms with E-state index in [4.69, 9.17) is 0 Å². The zero-order chi connectivity index (χ0) is 12.3. The van der Waals surface area contributed by atoms with E-state index in [1.165, 1.54) is 5.56 Å². The summed E-state index contributed by atoms with van der Waals surface area (Å²) in [5.41, 5.74) is 2.21. The third kappa shape index (κ3) is 3.26. The Morgan fingerprint density at radius 1 is 1.29 bits per heavy atom. The minimum atomic E-state index is 0.667. The molecule has 2 heterocycles. The quantitative estimate of drug-likeness (QED) is 0.905. The molecule has 1 N–H and O–H groups in total. The zero-order valence-electron chi connectivity index (χ0n) is 9.24. The van der Waals surface area contributed by atoms with Crippen molar-refractivity contribution in [2.24, 2.45) is 0 Å². The average Bonchev–Trinajstić information content (AvgIpc) is 2.30. The van der Waals surface area contributed by atoms with Gasteiger partial charge in [0.05, 0.1) is 16.7 Å². The summed E-state index contributed by atoms with van der Waals surface area (Å²) < 4.78 is 1.88. The van der Waals surface area contributed by atoms with E-state index in [-0.39, 0.29) is 0 Å². The van der Waals surface area contributed by atoms with Gasteiger partial charge in [-0.1, -0.05) is 6.07 Å². The van der Waals surface area contributed by atoms with E-state index in [9.17, 15) is 0 Å². The molecule has 2 rings (SSSR count). The third-order valence-electron chi connectivity index (χ3n) is 2.35. The Balaban J connectivity index is 2.10. The van der Waals surface area contributed by atoms with Gasteiger partial charge in [-0.3, -0.25) is 4.98 Å². The Hall–Kier alpha value is -0.940. The van der Waals surface area contributed by atoms with Crippen LogP contribution in [0.15, 0.2) is 39.5 Å². The molecule has 2 aromatic heterocycles. The summed E-state index contributed by atoms with van der Waals surface area (Å²) in [5, 5.41) is 3.26. The summed E-state index contributed by atoms with van der Waals surface area (Å²) in [7, 11) is 0. The molecule has 0 saturated carbocycles. The van der Waals surface area contributed by atoms with Crippen molar-refractivity contribution in [3.8, 4) is 0 Å². The van der Waals surface area contributed by atoms with E-state index in [2.05, 4.69) is 47.1 Å². The zero-order valence-corrected chi connectivity index (χ0v) is 12.4. The van der Waals surface area contributed by atoms with E-state index in [0.29, 0.717) is 6.54 Å². The van der Waals surface area contributed by atoms with Gasteiger partial charge in [0.2, 0.25) is 0 Å². The van der Waals surface area contributed by atoms with E-state index in [1.807, 2.05) is 25.1 Å². The highest BCUT2D eigenvalue weighted by molar-refractivity contribution is 9.11. The van der Waals surface area contributed by atoms with Crippen molar-refractivity contribution < 1.29 is 0 Å². The number of pyridine rings is 2. The van der Waals surface area contributed by atoms with Crippen LogP contribution in [0.1, 0.15) is 11.3 Å². The molecule has 0 fully saturated rings. The molecule has 0 bridgehead atoms. The first-order chi connectivity index (χ1) is 8.16. The number of aromatic nitrogens is 2. The molecule has 0 aliphatic rings. The van der Waals surface area contributed by atoms with Gasteiger partial charge in [-0.2, -0.15) is 0 Å². The maximum Gasteiger partial charge on any atom is 0.140 e. The Morgan fingerprint density at radius 2 is 2.12 bits per heavy atom. The van der Waals surface area contributed by atoms with Gasteiger partial charge in [-0.05, 0) is 56.5 Å². The van der Waals surface area contributed by atoms with Gasteiger partial charge >= 0.3 is 0 Å². The molecule has 5 heteroatoms. The number of anilines is 1. The maximum absolute atomic E-state index is 4.33. The summed E-state index contributed by atoms with van der Waals surface area (Å²) in [6.07, 6.45) is 3.56. The molecule has 0 spiro atoms. The molecule has 0 amide bonds. The average molecular weight is 357 g/mol. The van der Waals surface area contributed by atoms with Crippen LogP contribution in [0.25, 0.3) is 0 Å². The van der Waals surface area contributed by atoms with Crippen LogP contribution in [-0.4, -0.2) is 9.97 Å². The van der Waals surface area contributed by atoms with Crippen molar-refractivity contribution in [3.05, 3.63) is 50.8 Å². The minimum absolute atomic E-state index is 0.667. The van der Waals surface area contributed by atoms with Crippen LogP contribution < -0.4 is 5.32 Å². The Morgan fingerprint density at radius 3 is 2.82 bits per heavy atom. The third-order valence-corrected chi connectivity index (χ3v) is 3.39. The van der Waals surface area contributed by atoms with Crippen LogP contribution in [0.5, 0.6) is 0 Å². The van der Waals surface area contributed by atoms with Gasteiger partial charge in [0.25, 0.3) is 0 Å². The molecule has 0 saturated heterocycles. The molecule has 0 unspecified atom stereocenters. The van der Waals surface area contributed by atoms with Gasteiger partial charge in [0.15, 0.2) is 0 Å². The van der Waals surface area contributed by atoms with Crippen LogP contribution in [0.4, 0.5) is 5.82 Å². The second kappa shape index (κ2) is 5.60. The predicted octanol–water partition coefficient (Wildman–Crippen LogP) is 3.92. The summed E-state index contributed by atoms with van der Waals surface area (Å²) in [5.74, 6) is 0.818. The fourth-order valence-corrected chi connectivity index (χ4v) is 2.54. The lowest BCUT2D eigenvalue weighted by Crippen LogP contribution is -2.05. The first-order valence-electron chi connectivity index (χ1n) is 5.12. The van der Waals surface area contributed by atoms with Crippen LogP contribution in [0, 0.1) is 6.92 Å². The van der Waals surface area contributed by atoms with Crippen molar-refractivity contribution in [2.45, 2.75) is 13.5 Å². The van der Waals surface area contributed by atoms with Gasteiger partial charge < -0.3 is 5.32 Å². The van der Waals surface area contributed by atoms with Gasteiger partial charge in [-0.15, -0.1) is 0 Å². The Bertz CT molecular complexity index is 529. The van der Waals surface area contributed by atoms with Crippen LogP contribution in [0.3, 0.4) is 0 Å². The van der Waals surface area contributed by atoms with Crippen molar-refractivity contribution in [2.75, 3.05) is 5.32 Å². The van der Waals surface area contributed by atoms with Gasteiger partial charge in [0, 0.05) is 16.9 Å². The normalized spacial score (nSPS) is 10.3. The first-order valence-corrected chi connectivity index (χ1v) is 6.71. The molecule has 0 aromatic carbocycles. The molecule has 88 valence electrons. The largest absolute Gasteiger partial charge is 0.363 e. The predicted molar refractivity (Wildman–Crippen MR) is 75.9 cm³/mol. The Labute approximate surface area is 117 Å². The molecule has 3 nitrogen and oxygen atoms in total. The second-order valence-electron chi connectivity index (χ2n) is 3.60. The molecule has 17 heavy (non-hydrogen) atoms. The molecule has 0 atom stereocenters. The Kier molecular flexibility index (Phi) is 4.12. The number of halogens is 2. The lowest BCUT2D eigenvalue weighted by molar-refractivity contribution is 1.00. The molecular formula is C12H11Br2N3. The van der Waals surface area contributed by atoms with Crippen molar-refractivity contribution >= 4 is 37.7 Å². The first kappa shape index (κ1) is 12.5. The fourth-order valence-electron chi connectivity index (χ4n) is 1.42. The van der Waals surface area contributed by atoms with Gasteiger partial charge in [0.1, 0.15) is 5.82 Å². The number of aryl methyl sites for hydroxylation is 1. The monoisotopic (exact) mass is 355 g/mol. The minimum Gasteiger partial charge on any atom is -0.363 e. The molecule has 0 aliphatic heterocycles. The fraction of sp³-hybridized carbons (Fsp3) is 0.167. The summed E-state index contributed by atoms with van der Waals surface area (Å²) in [6.45, 7) is 2.72. The van der Waals surface area contributed by atoms with Crippen molar-refractivity contribution in [1.29, 1.82) is 0 Å². The van der Waals surface area contributed by atoms with E-state index >= 15 is 0 Å². The van der Waals surface area contributed by atoms with Crippen molar-refractivity contribution in [1.82, 2.24) is 9.97 Å². The maximum atomic E-state index is 4.33. The van der Waals surface area contributed by atoms with Gasteiger partial charge in [-0.25, -0.2) is 4.98 Å².